The first kappa shape index (κ1) is 26.5. The molecule has 0 aliphatic carbocycles. The summed E-state index contributed by atoms with van der Waals surface area (Å²) in [6, 6.07) is 15.0. The molecular weight excluding hydrogens is 502 g/mol. The van der Waals surface area contributed by atoms with E-state index in [0.717, 1.165) is 37.1 Å². The number of aromatic amines is 1. The second-order valence-electron chi connectivity index (χ2n) is 12.2. The summed E-state index contributed by atoms with van der Waals surface area (Å²) >= 11 is 0. The quantitative estimate of drug-likeness (QED) is 0.158. The van der Waals surface area contributed by atoms with Gasteiger partial charge in [-0.3, -0.25) is 14.5 Å². The van der Waals surface area contributed by atoms with E-state index in [9.17, 15) is 9.59 Å². The second-order valence-corrected chi connectivity index (χ2v) is 12.2. The predicted molar refractivity (Wildman–Crippen MR) is 164 cm³/mol. The largest absolute Gasteiger partial charge is 0.453 e. The van der Waals surface area contributed by atoms with E-state index in [1.165, 1.54) is 0 Å². The van der Waals surface area contributed by atoms with Crippen molar-refractivity contribution in [2.45, 2.75) is 58.7 Å². The molecule has 4 aromatic carbocycles. The Morgan fingerprint density at radius 1 is 0.925 bits per heavy atom. The van der Waals surface area contributed by atoms with Gasteiger partial charge in [0.25, 0.3) is 0 Å². The van der Waals surface area contributed by atoms with Crippen LogP contribution in [0.25, 0.3) is 43.7 Å². The highest BCUT2D eigenvalue weighted by molar-refractivity contribution is 6.14. The second kappa shape index (κ2) is 10.1. The van der Waals surface area contributed by atoms with E-state index in [1.807, 2.05) is 18.2 Å². The molecule has 1 saturated heterocycles. The topological polar surface area (TPSA) is 87.6 Å². The first-order chi connectivity index (χ1) is 19.1. The van der Waals surface area contributed by atoms with Gasteiger partial charge in [0.15, 0.2) is 22.0 Å². The number of nitrogens with zero attached hydrogens (tertiary/aromatic N) is 1. The minimum absolute atomic E-state index is 0.0383. The number of anilines is 1. The Kier molecular flexibility index (Phi) is 6.67. The summed E-state index contributed by atoms with van der Waals surface area (Å²) < 4.78 is 12.3. The fourth-order valence-corrected chi connectivity index (χ4v) is 6.04. The Labute approximate surface area is 233 Å². The lowest BCUT2D eigenvalue weighted by atomic mass is 9.87. The molecule has 40 heavy (non-hydrogen) atoms. The van der Waals surface area contributed by atoms with Crippen LogP contribution < -0.4 is 16.2 Å². The molecule has 2 unspecified atom stereocenters. The molecule has 2 heterocycles. The van der Waals surface area contributed by atoms with Crippen LogP contribution in [-0.2, 0) is 10.2 Å². The van der Waals surface area contributed by atoms with Crippen molar-refractivity contribution in [2.24, 2.45) is 0 Å². The van der Waals surface area contributed by atoms with E-state index < -0.39 is 0 Å². The number of H-pyrrole nitrogens is 1. The number of morpholine rings is 1. The smallest absolute Gasteiger partial charge is 0.196 e. The van der Waals surface area contributed by atoms with Crippen LogP contribution in [0.15, 0.2) is 62.5 Å². The lowest BCUT2D eigenvalue weighted by Gasteiger charge is -2.35. The number of nitrogens with one attached hydrogen (secondary N) is 2. The Morgan fingerprint density at radius 2 is 1.60 bits per heavy atom. The molecule has 1 aromatic heterocycles. The molecule has 0 amide bonds. The number of benzene rings is 4. The lowest BCUT2D eigenvalue weighted by molar-refractivity contribution is -0.0678. The molecule has 2 N–H and O–H groups in total. The molecule has 0 spiro atoms. The van der Waals surface area contributed by atoms with E-state index >= 15 is 0 Å². The Balaban J connectivity index is 1.47. The van der Waals surface area contributed by atoms with E-state index in [0.29, 0.717) is 50.5 Å². The van der Waals surface area contributed by atoms with Gasteiger partial charge in [-0.2, -0.15) is 0 Å². The number of hydrogen-bond acceptors (Lipinski definition) is 6. The first-order valence-corrected chi connectivity index (χ1v) is 14.2. The summed E-state index contributed by atoms with van der Waals surface area (Å²) in [6.45, 7) is 14.1. The van der Waals surface area contributed by atoms with Crippen LogP contribution in [0.4, 0.5) is 5.69 Å². The molecule has 6 rings (SSSR count). The zero-order chi connectivity index (χ0) is 28.2. The zero-order valence-electron chi connectivity index (χ0n) is 23.9. The standard InChI is InChI=1S/C33H37N3O4/c1-19-17-36(18-20(2)39-19)14-8-13-34-25-16-27-30(35-24-12-11-21(33(3,4)5)15-26(24)40-27)29-28(25)31(37)22-9-6-7-10-23(22)32(29)38/h6-7,9-12,15-16,19-20,34-35H,8,13-14,17-18H2,1-5H3. The third-order valence-corrected chi connectivity index (χ3v) is 7.95. The van der Waals surface area contributed by atoms with E-state index in [1.54, 1.807) is 24.3 Å². The van der Waals surface area contributed by atoms with Crippen molar-refractivity contribution in [1.29, 1.82) is 0 Å². The summed E-state index contributed by atoms with van der Waals surface area (Å²) in [4.78, 5) is 33.6. The molecule has 208 valence electrons. The summed E-state index contributed by atoms with van der Waals surface area (Å²) in [7, 11) is 0. The van der Waals surface area contributed by atoms with Crippen LogP contribution >= 0.6 is 0 Å². The van der Waals surface area contributed by atoms with Gasteiger partial charge >= 0.3 is 0 Å². The number of aromatic nitrogens is 1. The van der Waals surface area contributed by atoms with Crippen LogP contribution in [0.2, 0.25) is 0 Å². The molecule has 1 aliphatic rings. The molecule has 0 saturated carbocycles. The highest BCUT2D eigenvalue weighted by Crippen LogP contribution is 2.32. The number of hydrogen-bond donors (Lipinski definition) is 2. The summed E-state index contributed by atoms with van der Waals surface area (Å²) in [6.07, 6.45) is 1.33. The molecule has 1 fully saturated rings. The zero-order valence-corrected chi connectivity index (χ0v) is 23.9. The van der Waals surface area contributed by atoms with Gasteiger partial charge in [-0.05, 0) is 43.4 Å². The monoisotopic (exact) mass is 539 g/mol. The highest BCUT2D eigenvalue weighted by atomic mass is 16.5. The fourth-order valence-electron chi connectivity index (χ4n) is 6.04. The van der Waals surface area contributed by atoms with Gasteiger partial charge in [-0.15, -0.1) is 0 Å². The molecule has 5 aromatic rings. The van der Waals surface area contributed by atoms with Gasteiger partial charge in [0.1, 0.15) is 0 Å². The minimum Gasteiger partial charge on any atom is -0.453 e. The first-order valence-electron chi connectivity index (χ1n) is 14.2. The molecule has 1 aliphatic heterocycles. The van der Waals surface area contributed by atoms with Crippen LogP contribution in [0, 0.1) is 0 Å². The number of ether oxygens (including phenoxy) is 1. The highest BCUT2D eigenvalue weighted by Gasteiger charge is 2.22. The summed E-state index contributed by atoms with van der Waals surface area (Å²) in [5, 5.41) is 5.12. The van der Waals surface area contributed by atoms with Crippen molar-refractivity contribution >= 4 is 49.4 Å². The van der Waals surface area contributed by atoms with Crippen LogP contribution in [-0.4, -0.2) is 48.3 Å². The van der Waals surface area contributed by atoms with Gasteiger partial charge in [0.05, 0.1) is 34.0 Å². The number of fused-ring (bicyclic) bond motifs is 5. The summed E-state index contributed by atoms with van der Waals surface area (Å²) in [5.41, 5.74) is 3.98. The Bertz CT molecular complexity index is 1850. The van der Waals surface area contributed by atoms with Gasteiger partial charge in [-0.1, -0.05) is 51.1 Å². The number of rotatable bonds is 5. The average molecular weight is 540 g/mol. The maximum atomic E-state index is 13.9. The third-order valence-electron chi connectivity index (χ3n) is 7.95. The van der Waals surface area contributed by atoms with Crippen molar-refractivity contribution in [3.05, 3.63) is 74.5 Å². The van der Waals surface area contributed by atoms with Crippen molar-refractivity contribution in [3.8, 4) is 0 Å². The third kappa shape index (κ3) is 4.78. The maximum absolute atomic E-state index is 13.9. The van der Waals surface area contributed by atoms with E-state index in [2.05, 4.69) is 55.9 Å². The van der Waals surface area contributed by atoms with E-state index in [-0.39, 0.29) is 28.5 Å². The minimum atomic E-state index is -0.174. The Morgan fingerprint density at radius 3 is 2.27 bits per heavy atom. The lowest BCUT2D eigenvalue weighted by Crippen LogP contribution is -2.45. The van der Waals surface area contributed by atoms with Crippen molar-refractivity contribution in [3.63, 3.8) is 0 Å². The molecule has 7 heteroatoms. The van der Waals surface area contributed by atoms with Crippen molar-refractivity contribution in [1.82, 2.24) is 9.88 Å². The SMILES string of the molecule is CC1CN(CCCNc2cc3oc4cc(C(C)(C)C)ccc4[nH]c3c3c(=O)c4ccccc4c(=O)c23)CC(C)O1. The molecule has 2 atom stereocenters. The molecule has 7 nitrogen and oxygen atoms in total. The van der Waals surface area contributed by atoms with Crippen molar-refractivity contribution < 1.29 is 9.15 Å². The van der Waals surface area contributed by atoms with Gasteiger partial charge < -0.3 is 19.5 Å². The van der Waals surface area contributed by atoms with Gasteiger partial charge in [-0.25, -0.2) is 0 Å². The fraction of sp³-hybridized carbons (Fsp3) is 0.394. The average Bonchev–Trinajstić information content (AvgIpc) is 2.91. The van der Waals surface area contributed by atoms with Crippen LogP contribution in [0.5, 0.6) is 0 Å². The maximum Gasteiger partial charge on any atom is 0.196 e. The van der Waals surface area contributed by atoms with Gasteiger partial charge in [0, 0.05) is 48.7 Å². The van der Waals surface area contributed by atoms with E-state index in [4.69, 9.17) is 9.15 Å². The van der Waals surface area contributed by atoms with Crippen LogP contribution in [0.1, 0.15) is 46.6 Å². The predicted octanol–water partition coefficient (Wildman–Crippen LogP) is 6.15. The van der Waals surface area contributed by atoms with Gasteiger partial charge in [0.2, 0.25) is 0 Å². The molecule has 0 radical (unpaired) electrons. The summed E-state index contributed by atoms with van der Waals surface area (Å²) in [5.74, 6) is 0. The normalized spacial score (nSPS) is 18.7. The van der Waals surface area contributed by atoms with Crippen LogP contribution in [0.3, 0.4) is 0 Å². The molecular formula is C33H37N3O4. The van der Waals surface area contributed by atoms with Crippen molar-refractivity contribution in [2.75, 3.05) is 31.5 Å². The Hall–Kier alpha value is -3.68. The molecule has 0 bridgehead atoms.